The van der Waals surface area contributed by atoms with Crippen molar-refractivity contribution in [2.75, 3.05) is 25.6 Å². The van der Waals surface area contributed by atoms with Crippen LogP contribution in [0, 0.1) is 0 Å². The molecule has 0 bridgehead atoms. The van der Waals surface area contributed by atoms with Crippen LogP contribution in [0.4, 0.5) is 0 Å². The second-order valence-electron chi connectivity index (χ2n) is 2.96. The van der Waals surface area contributed by atoms with Gasteiger partial charge in [0, 0.05) is 11.0 Å². The molecule has 0 amide bonds. The molecule has 1 heterocycles. The predicted molar refractivity (Wildman–Crippen MR) is 65.6 cm³/mol. The molecule has 4 nitrogen and oxygen atoms in total. The van der Waals surface area contributed by atoms with E-state index >= 15 is 0 Å². The molecular formula is C8H17O4PS2. The van der Waals surface area contributed by atoms with E-state index in [1.807, 2.05) is 0 Å². The maximum atomic E-state index is 12.3. The van der Waals surface area contributed by atoms with Gasteiger partial charge in [-0.1, -0.05) is 0 Å². The van der Waals surface area contributed by atoms with Gasteiger partial charge in [0.25, 0.3) is 0 Å². The lowest BCUT2D eigenvalue weighted by Crippen LogP contribution is -2.08. The van der Waals surface area contributed by atoms with E-state index in [1.54, 1.807) is 25.6 Å². The highest BCUT2D eigenvalue weighted by atomic mass is 32.2. The van der Waals surface area contributed by atoms with E-state index in [9.17, 15) is 4.57 Å². The summed E-state index contributed by atoms with van der Waals surface area (Å²) in [4.78, 5) is 0. The number of hydrogen-bond acceptors (Lipinski definition) is 6. The van der Waals surface area contributed by atoms with Crippen LogP contribution in [-0.4, -0.2) is 40.3 Å². The molecule has 7 heteroatoms. The summed E-state index contributed by atoms with van der Waals surface area (Å²) in [6, 6.07) is 0. The summed E-state index contributed by atoms with van der Waals surface area (Å²) in [6.07, 6.45) is 0. The fourth-order valence-electron chi connectivity index (χ4n) is 1.21. The van der Waals surface area contributed by atoms with Gasteiger partial charge in [-0.15, -0.1) is 23.5 Å². The third-order valence-corrected chi connectivity index (χ3v) is 8.69. The molecule has 0 aromatic rings. The van der Waals surface area contributed by atoms with Crippen molar-refractivity contribution in [2.45, 2.75) is 23.4 Å². The van der Waals surface area contributed by atoms with E-state index in [0.717, 1.165) is 5.75 Å². The lowest BCUT2D eigenvalue weighted by Gasteiger charge is -2.21. The molecule has 0 unspecified atom stereocenters. The van der Waals surface area contributed by atoms with Gasteiger partial charge in [0.15, 0.2) is 4.32 Å². The van der Waals surface area contributed by atoms with E-state index in [2.05, 4.69) is 0 Å². The Bertz CT molecular complexity index is 229. The van der Waals surface area contributed by atoms with Crippen LogP contribution in [0.25, 0.3) is 0 Å². The molecule has 1 N–H and O–H groups in total. The van der Waals surface area contributed by atoms with Crippen LogP contribution in [0.1, 0.15) is 13.8 Å². The number of rotatable bonds is 6. The maximum absolute atomic E-state index is 12.3. The summed E-state index contributed by atoms with van der Waals surface area (Å²) >= 11 is 3.05. The quantitative estimate of drug-likeness (QED) is 0.749. The summed E-state index contributed by atoms with van der Waals surface area (Å²) in [5, 5.41) is 9.15. The van der Waals surface area contributed by atoms with Crippen LogP contribution < -0.4 is 0 Å². The molecule has 0 radical (unpaired) electrons. The SMILES string of the molecule is CCOP(=O)(OCC)[C@H]1SC[C@H](CO)S1. The highest BCUT2D eigenvalue weighted by molar-refractivity contribution is 8.26. The van der Waals surface area contributed by atoms with Gasteiger partial charge in [0.1, 0.15) is 0 Å². The molecule has 1 fully saturated rings. The van der Waals surface area contributed by atoms with Gasteiger partial charge < -0.3 is 14.2 Å². The van der Waals surface area contributed by atoms with E-state index in [-0.39, 0.29) is 16.2 Å². The minimum absolute atomic E-state index is 0.117. The van der Waals surface area contributed by atoms with Crippen molar-refractivity contribution in [3.8, 4) is 0 Å². The normalized spacial score (nSPS) is 27.1. The highest BCUT2D eigenvalue weighted by Crippen LogP contribution is 2.64. The van der Waals surface area contributed by atoms with Crippen LogP contribution in [0.15, 0.2) is 0 Å². The van der Waals surface area contributed by atoms with Gasteiger partial charge in [-0.25, -0.2) is 0 Å². The number of aliphatic hydroxyl groups is 1. The van der Waals surface area contributed by atoms with Gasteiger partial charge in [-0.05, 0) is 13.8 Å². The van der Waals surface area contributed by atoms with Crippen LogP contribution in [0.5, 0.6) is 0 Å². The Hall–Kier alpha value is 0.810. The zero-order chi connectivity index (χ0) is 11.3. The smallest absolute Gasteiger partial charge is 0.353 e. The fourth-order valence-corrected chi connectivity index (χ4v) is 7.55. The zero-order valence-electron chi connectivity index (χ0n) is 8.92. The van der Waals surface area contributed by atoms with Gasteiger partial charge in [0.2, 0.25) is 0 Å². The van der Waals surface area contributed by atoms with Gasteiger partial charge >= 0.3 is 7.60 Å². The van der Waals surface area contributed by atoms with Crippen molar-refractivity contribution in [3.63, 3.8) is 0 Å². The van der Waals surface area contributed by atoms with Gasteiger partial charge in [-0.2, -0.15) is 0 Å². The van der Waals surface area contributed by atoms with Crippen LogP contribution in [0.3, 0.4) is 0 Å². The van der Waals surface area contributed by atoms with E-state index < -0.39 is 7.60 Å². The first-order valence-corrected chi connectivity index (χ1v) is 8.53. The maximum Gasteiger partial charge on any atom is 0.353 e. The molecule has 0 aromatic carbocycles. The molecule has 1 saturated heterocycles. The molecule has 0 aliphatic carbocycles. The monoisotopic (exact) mass is 272 g/mol. The largest absolute Gasteiger partial charge is 0.395 e. The topological polar surface area (TPSA) is 55.8 Å². The Kier molecular flexibility index (Phi) is 6.03. The van der Waals surface area contributed by atoms with Crippen molar-refractivity contribution in [2.24, 2.45) is 0 Å². The van der Waals surface area contributed by atoms with Crippen molar-refractivity contribution in [1.29, 1.82) is 0 Å². The number of thioether (sulfide) groups is 2. The summed E-state index contributed by atoms with van der Waals surface area (Å²) in [6.45, 7) is 4.50. The standard InChI is InChI=1S/C8H17O4PS2/c1-3-11-13(10,12-4-2)8-14-6-7(5-9)15-8/h7-9H,3-6H2,1-2H3/t7-,8-/m0/s1. The first-order chi connectivity index (χ1) is 7.16. The molecule has 1 aliphatic heterocycles. The highest BCUT2D eigenvalue weighted by Gasteiger charge is 2.42. The van der Waals surface area contributed by atoms with Gasteiger partial charge in [0.05, 0.1) is 19.8 Å². The Labute approximate surface area is 99.0 Å². The summed E-state index contributed by atoms with van der Waals surface area (Å²) in [5.74, 6) is 0.802. The predicted octanol–water partition coefficient (Wildman–Crippen LogP) is 2.38. The lowest BCUT2D eigenvalue weighted by atomic mass is 10.5. The molecule has 0 saturated carbocycles. The number of hydrogen-bond donors (Lipinski definition) is 1. The van der Waals surface area contributed by atoms with Crippen molar-refractivity contribution < 1.29 is 18.7 Å². The molecule has 0 spiro atoms. The van der Waals surface area contributed by atoms with Crippen LogP contribution >= 0.6 is 31.1 Å². The van der Waals surface area contributed by atoms with E-state index in [4.69, 9.17) is 14.2 Å². The molecule has 1 aliphatic rings. The first kappa shape index (κ1) is 13.9. The molecule has 15 heavy (non-hydrogen) atoms. The average Bonchev–Trinajstić information content (AvgIpc) is 2.67. The first-order valence-electron chi connectivity index (χ1n) is 4.93. The Balaban J connectivity index is 2.61. The summed E-state index contributed by atoms with van der Waals surface area (Å²) < 4.78 is 22.6. The summed E-state index contributed by atoms with van der Waals surface area (Å²) in [5.41, 5.74) is 0. The van der Waals surface area contributed by atoms with Crippen LogP contribution in [0.2, 0.25) is 0 Å². The van der Waals surface area contributed by atoms with Gasteiger partial charge in [-0.3, -0.25) is 4.57 Å². The Morgan fingerprint density at radius 3 is 2.40 bits per heavy atom. The third-order valence-electron chi connectivity index (χ3n) is 1.81. The fraction of sp³-hybridized carbons (Fsp3) is 1.00. The second kappa shape index (κ2) is 6.52. The van der Waals surface area contributed by atoms with Crippen molar-refractivity contribution >= 4 is 31.1 Å². The second-order valence-corrected chi connectivity index (χ2v) is 8.61. The molecule has 90 valence electrons. The number of aliphatic hydroxyl groups excluding tert-OH is 1. The minimum atomic E-state index is -3.00. The lowest BCUT2D eigenvalue weighted by molar-refractivity contribution is 0.222. The summed E-state index contributed by atoms with van der Waals surface area (Å²) in [7, 11) is -3.00. The van der Waals surface area contributed by atoms with E-state index in [0.29, 0.717) is 13.2 Å². The minimum Gasteiger partial charge on any atom is -0.395 e. The van der Waals surface area contributed by atoms with Crippen LogP contribution in [-0.2, 0) is 13.6 Å². The molecule has 1 rings (SSSR count). The molecule has 2 atom stereocenters. The Morgan fingerprint density at radius 2 is 2.00 bits per heavy atom. The Morgan fingerprint density at radius 1 is 1.40 bits per heavy atom. The van der Waals surface area contributed by atoms with E-state index in [1.165, 1.54) is 11.8 Å². The average molecular weight is 272 g/mol. The zero-order valence-corrected chi connectivity index (χ0v) is 11.4. The van der Waals surface area contributed by atoms with Crippen molar-refractivity contribution in [1.82, 2.24) is 0 Å². The third kappa shape index (κ3) is 3.65. The molecule has 0 aromatic heterocycles. The molecular weight excluding hydrogens is 255 g/mol. The van der Waals surface area contributed by atoms with Crippen molar-refractivity contribution in [3.05, 3.63) is 0 Å².